The summed E-state index contributed by atoms with van der Waals surface area (Å²) in [5.41, 5.74) is 1.21. The van der Waals surface area contributed by atoms with E-state index < -0.39 is 76.9 Å². The summed E-state index contributed by atoms with van der Waals surface area (Å²) in [6, 6.07) is 0. The molecular formula is C24H28F2N10O8P2S2+2. The number of thiol groups is 2. The zero-order chi connectivity index (χ0) is 33.9. The van der Waals surface area contributed by atoms with Gasteiger partial charge in [0.2, 0.25) is 0 Å². The van der Waals surface area contributed by atoms with Crippen LogP contribution in [0.3, 0.4) is 0 Å². The Morgan fingerprint density at radius 2 is 1.19 bits per heavy atom. The predicted molar refractivity (Wildman–Crippen MR) is 171 cm³/mol. The first kappa shape index (κ1) is 34.8. The Balaban J connectivity index is 1.07. The van der Waals surface area contributed by atoms with Gasteiger partial charge in [0.15, 0.2) is 71.0 Å². The van der Waals surface area contributed by atoms with E-state index in [0.717, 1.165) is 0 Å². The number of nitrogens with zero attached hydrogens (tertiary/aromatic N) is 8. The maximum atomic E-state index is 15.2. The summed E-state index contributed by atoms with van der Waals surface area (Å²) in [4.78, 5) is 25.5. The molecule has 0 saturated carbocycles. The molecule has 0 bridgehead atoms. The number of ether oxygens (including phenoxy) is 2. The van der Waals surface area contributed by atoms with Crippen molar-refractivity contribution in [2.75, 3.05) is 36.9 Å². The van der Waals surface area contributed by atoms with Crippen LogP contribution in [0.15, 0.2) is 37.5 Å². The summed E-state index contributed by atoms with van der Waals surface area (Å²) in [5.74, 6) is 0.741. The molecule has 3 unspecified atom stereocenters. The van der Waals surface area contributed by atoms with Crippen molar-refractivity contribution in [3.63, 3.8) is 0 Å². The molecule has 6 rings (SSSR count). The number of hydrogen-bond donors (Lipinski definition) is 6. The molecule has 4 aromatic heterocycles. The van der Waals surface area contributed by atoms with Gasteiger partial charge in [0.25, 0.3) is 0 Å². The average molecular weight is 749 g/mol. The summed E-state index contributed by atoms with van der Waals surface area (Å²) in [6.45, 7) is -0.472. The van der Waals surface area contributed by atoms with Gasteiger partial charge in [-0.15, -0.1) is 9.05 Å². The topological polar surface area (TPSA) is 223 Å². The minimum atomic E-state index is -2.43. The van der Waals surface area contributed by atoms with Crippen LogP contribution in [-0.4, -0.2) is 112 Å². The quantitative estimate of drug-likeness (QED) is 0.0619. The molecule has 0 aromatic carbocycles. The van der Waals surface area contributed by atoms with Gasteiger partial charge in [0, 0.05) is 13.1 Å². The van der Waals surface area contributed by atoms with Gasteiger partial charge < -0.3 is 30.3 Å². The first-order valence-corrected chi connectivity index (χ1v) is 18.8. The lowest BCUT2D eigenvalue weighted by atomic mass is 10.1. The number of aliphatic hydroxyl groups is 2. The number of fused-ring (bicyclic) bond motifs is 2. The Bertz CT molecular complexity index is 1700. The number of alkyl halides is 2. The van der Waals surface area contributed by atoms with Crippen LogP contribution in [-0.2, 0) is 27.7 Å². The molecule has 0 spiro atoms. The van der Waals surface area contributed by atoms with Crippen LogP contribution in [0, 0.1) is 0 Å². The van der Waals surface area contributed by atoms with Gasteiger partial charge >= 0.3 is 14.5 Å². The zero-order valence-corrected chi connectivity index (χ0v) is 28.0. The van der Waals surface area contributed by atoms with Crippen LogP contribution in [0.2, 0.25) is 0 Å². The second kappa shape index (κ2) is 15.2. The lowest BCUT2D eigenvalue weighted by Crippen LogP contribution is -2.31. The Hall–Kier alpha value is -3.04. The third kappa shape index (κ3) is 7.00. The smallest absolute Gasteiger partial charge is 0.394 e. The number of imidazole rings is 2. The highest BCUT2D eigenvalue weighted by atomic mass is 32.7. The van der Waals surface area contributed by atoms with Crippen LogP contribution in [0.4, 0.5) is 20.4 Å². The van der Waals surface area contributed by atoms with E-state index in [1.165, 1.54) is 34.4 Å². The first-order valence-electron chi connectivity index (χ1n) is 14.2. The molecule has 256 valence electrons. The molecule has 2 aliphatic heterocycles. The predicted octanol–water partition coefficient (Wildman–Crippen LogP) is 2.45. The molecule has 0 radical (unpaired) electrons. The number of anilines is 2. The van der Waals surface area contributed by atoms with Gasteiger partial charge in [0.1, 0.15) is 49.4 Å². The Morgan fingerprint density at radius 3 is 1.56 bits per heavy atom. The SMILES string of the molecule is O=[P+](S)O[C@@H]1[C@@H](CO)OC(n2cnc3c(NC/C=C/CNc4ncnc5c4ncn5[C@@H]4O[C@H](CO)[C@@H](O[P+](=O)S)[C@H]4F)ncnc32)[C@@H]1F. The fourth-order valence-electron chi connectivity index (χ4n) is 5.40. The fraction of sp³-hybridized carbons (Fsp3) is 0.500. The van der Waals surface area contributed by atoms with Gasteiger partial charge in [-0.2, -0.15) is 0 Å². The van der Waals surface area contributed by atoms with Crippen molar-refractivity contribution in [1.29, 1.82) is 0 Å². The average Bonchev–Trinajstić information content (AvgIpc) is 3.83. The van der Waals surface area contributed by atoms with E-state index in [4.69, 9.17) is 18.5 Å². The molecule has 4 aromatic rings. The molecule has 10 atom stereocenters. The van der Waals surface area contributed by atoms with Crippen molar-refractivity contribution in [2.45, 2.75) is 49.2 Å². The Kier molecular flexibility index (Phi) is 11.1. The van der Waals surface area contributed by atoms with E-state index in [2.05, 4.69) is 65.0 Å². The standard InChI is InChI=1S/C24H26F2N10O8P2S2/c25-13-17(43-45(39)47)11(5-37)41-23(13)35-9-33-15-19(29-7-31-21(15)35)27-3-1-2-4-28-20-16-22(32-8-30-20)36(10-34-16)24-14(26)18(44-46(40)48)12(6-38)42-24/h1-2,7-14,17-18,23-24,37-38H,3-6H2,(H2-2,27,28,29,30,31,32,39,40,47,48)/p+2/b2-1+/t11-,12-,13-,14-,17-,18-,23-,24?/m1/s1. The molecule has 2 fully saturated rings. The molecule has 6 heterocycles. The summed E-state index contributed by atoms with van der Waals surface area (Å²) in [5, 5.41) is 25.4. The number of nitrogens with one attached hydrogen (secondary N) is 2. The summed E-state index contributed by atoms with van der Waals surface area (Å²) < 4.78 is 77.4. The number of halogens is 2. The molecule has 0 aliphatic carbocycles. The molecule has 24 heteroatoms. The van der Waals surface area contributed by atoms with Crippen LogP contribution >= 0.6 is 39.0 Å². The van der Waals surface area contributed by atoms with Crippen molar-refractivity contribution in [2.24, 2.45) is 0 Å². The lowest BCUT2D eigenvalue weighted by molar-refractivity contribution is -0.0427. The Morgan fingerprint density at radius 1 is 0.771 bits per heavy atom. The van der Waals surface area contributed by atoms with Gasteiger partial charge in [-0.25, -0.2) is 38.7 Å². The van der Waals surface area contributed by atoms with Gasteiger partial charge in [0.05, 0.1) is 25.9 Å². The number of rotatable bonds is 14. The number of hydrogen-bond acceptors (Lipinski definition) is 16. The van der Waals surface area contributed by atoms with E-state index in [1.54, 1.807) is 12.2 Å². The highest BCUT2D eigenvalue weighted by Crippen LogP contribution is 2.42. The molecule has 2 saturated heterocycles. The minimum Gasteiger partial charge on any atom is -0.394 e. The van der Waals surface area contributed by atoms with E-state index in [1.807, 2.05) is 0 Å². The fourth-order valence-corrected chi connectivity index (χ4v) is 6.98. The van der Waals surface area contributed by atoms with Crippen molar-refractivity contribution < 1.29 is 46.6 Å². The largest absolute Gasteiger partial charge is 0.582 e. The van der Waals surface area contributed by atoms with Crippen LogP contribution in [0.5, 0.6) is 0 Å². The Labute approximate surface area is 281 Å². The van der Waals surface area contributed by atoms with Crippen LogP contribution < -0.4 is 10.6 Å². The summed E-state index contributed by atoms with van der Waals surface area (Å²) in [7, 11) is -4.87. The molecule has 2 aliphatic rings. The van der Waals surface area contributed by atoms with Gasteiger partial charge in [-0.3, -0.25) is 9.13 Å². The zero-order valence-electron chi connectivity index (χ0n) is 24.4. The molecule has 4 N–H and O–H groups in total. The molecule has 48 heavy (non-hydrogen) atoms. The van der Waals surface area contributed by atoms with Crippen molar-refractivity contribution >= 4 is 72.9 Å². The second-order valence-electron chi connectivity index (χ2n) is 10.3. The normalized spacial score (nSPS) is 28.1. The number of aromatic nitrogens is 8. The van der Waals surface area contributed by atoms with Crippen molar-refractivity contribution in [3.05, 3.63) is 37.5 Å². The van der Waals surface area contributed by atoms with Crippen LogP contribution in [0.1, 0.15) is 12.5 Å². The summed E-state index contributed by atoms with van der Waals surface area (Å²) in [6.07, 6.45) is -1.96. The lowest BCUT2D eigenvalue weighted by Gasteiger charge is -2.15. The highest BCUT2D eigenvalue weighted by Gasteiger charge is 2.52. The highest BCUT2D eigenvalue weighted by molar-refractivity contribution is 8.39. The van der Waals surface area contributed by atoms with Crippen molar-refractivity contribution in [3.8, 4) is 0 Å². The van der Waals surface area contributed by atoms with Crippen LogP contribution in [0.25, 0.3) is 22.3 Å². The maximum Gasteiger partial charge on any atom is 0.582 e. The van der Waals surface area contributed by atoms with Crippen molar-refractivity contribution in [1.82, 2.24) is 39.0 Å². The maximum absolute atomic E-state index is 15.2. The van der Waals surface area contributed by atoms with Gasteiger partial charge in [-0.1, -0.05) is 12.2 Å². The molecule has 18 nitrogen and oxygen atoms in total. The van der Waals surface area contributed by atoms with E-state index in [-0.39, 0.29) is 11.3 Å². The van der Waals surface area contributed by atoms with Gasteiger partial charge in [-0.05, 0) is 9.13 Å². The van der Waals surface area contributed by atoms with E-state index >= 15 is 8.78 Å². The second-order valence-corrected chi connectivity index (χ2v) is 13.7. The van der Waals surface area contributed by atoms with E-state index in [9.17, 15) is 19.3 Å². The monoisotopic (exact) mass is 748 g/mol. The first-order chi connectivity index (χ1) is 23.2. The molecular weight excluding hydrogens is 720 g/mol. The number of aliphatic hydroxyl groups excluding tert-OH is 2. The third-order valence-corrected chi connectivity index (χ3v) is 8.94. The minimum absolute atomic E-state index is 0.264. The molecule has 0 amide bonds. The van der Waals surface area contributed by atoms with E-state index in [0.29, 0.717) is 35.8 Å². The summed E-state index contributed by atoms with van der Waals surface area (Å²) >= 11 is 7.35. The third-order valence-electron chi connectivity index (χ3n) is 7.52.